The zero-order valence-corrected chi connectivity index (χ0v) is 10.8. The van der Waals surface area contributed by atoms with Gasteiger partial charge in [0.1, 0.15) is 0 Å². The zero-order valence-electron chi connectivity index (χ0n) is 10.1. The standard InChI is InChI=1S/C12H10ClF3N2O2/c13-8-3-1-2-7(12(14,15)16)10(8)18-5-6(11(17)20)4-9(18)19/h1-3,6H,4-5H2,(H2,17,20). The van der Waals surface area contributed by atoms with E-state index in [1.165, 1.54) is 6.07 Å². The van der Waals surface area contributed by atoms with Gasteiger partial charge in [-0.05, 0) is 12.1 Å². The van der Waals surface area contributed by atoms with Gasteiger partial charge in [-0.15, -0.1) is 0 Å². The predicted octanol–water partition coefficient (Wildman–Crippen LogP) is 2.20. The van der Waals surface area contributed by atoms with E-state index >= 15 is 0 Å². The molecule has 1 fully saturated rings. The van der Waals surface area contributed by atoms with Crippen molar-refractivity contribution in [2.24, 2.45) is 11.7 Å². The molecular weight excluding hydrogens is 297 g/mol. The van der Waals surface area contributed by atoms with Crippen LogP contribution in [0.3, 0.4) is 0 Å². The van der Waals surface area contributed by atoms with Crippen LogP contribution in [0.15, 0.2) is 18.2 Å². The molecule has 0 aliphatic carbocycles. The van der Waals surface area contributed by atoms with Crippen LogP contribution in [-0.2, 0) is 15.8 Å². The fourth-order valence-electron chi connectivity index (χ4n) is 2.13. The van der Waals surface area contributed by atoms with Crippen molar-refractivity contribution in [3.05, 3.63) is 28.8 Å². The average molecular weight is 307 g/mol. The number of alkyl halides is 3. The highest BCUT2D eigenvalue weighted by Crippen LogP contribution is 2.42. The average Bonchev–Trinajstić information content (AvgIpc) is 2.70. The third-order valence-electron chi connectivity index (χ3n) is 3.09. The van der Waals surface area contributed by atoms with Gasteiger partial charge >= 0.3 is 6.18 Å². The third kappa shape index (κ3) is 2.58. The Bertz CT molecular complexity index is 574. The summed E-state index contributed by atoms with van der Waals surface area (Å²) in [7, 11) is 0. The van der Waals surface area contributed by atoms with E-state index in [0.717, 1.165) is 17.0 Å². The summed E-state index contributed by atoms with van der Waals surface area (Å²) in [6.45, 7) is -0.193. The number of hydrogen-bond acceptors (Lipinski definition) is 2. The lowest BCUT2D eigenvalue weighted by molar-refractivity contribution is -0.137. The van der Waals surface area contributed by atoms with Gasteiger partial charge in [0.25, 0.3) is 0 Å². The Balaban J connectivity index is 2.48. The van der Waals surface area contributed by atoms with Crippen LogP contribution < -0.4 is 10.6 Å². The monoisotopic (exact) mass is 306 g/mol. The van der Waals surface area contributed by atoms with Gasteiger partial charge in [0.15, 0.2) is 0 Å². The number of anilines is 1. The number of benzene rings is 1. The molecule has 1 aliphatic heterocycles. The van der Waals surface area contributed by atoms with Crippen molar-refractivity contribution in [2.45, 2.75) is 12.6 Å². The van der Waals surface area contributed by atoms with Crippen molar-refractivity contribution in [2.75, 3.05) is 11.4 Å². The van der Waals surface area contributed by atoms with Crippen LogP contribution in [0.25, 0.3) is 0 Å². The smallest absolute Gasteiger partial charge is 0.369 e. The number of hydrogen-bond donors (Lipinski definition) is 1. The Morgan fingerprint density at radius 1 is 1.40 bits per heavy atom. The summed E-state index contributed by atoms with van der Waals surface area (Å²) in [5.74, 6) is -2.13. The lowest BCUT2D eigenvalue weighted by Gasteiger charge is -2.22. The van der Waals surface area contributed by atoms with Crippen LogP contribution in [-0.4, -0.2) is 18.4 Å². The van der Waals surface area contributed by atoms with E-state index in [9.17, 15) is 22.8 Å². The second-order valence-electron chi connectivity index (χ2n) is 4.44. The molecule has 108 valence electrons. The minimum Gasteiger partial charge on any atom is -0.369 e. The zero-order chi connectivity index (χ0) is 15.1. The molecule has 1 aromatic rings. The second kappa shape index (κ2) is 4.97. The number of para-hydroxylation sites is 1. The van der Waals surface area contributed by atoms with Crippen molar-refractivity contribution in [1.82, 2.24) is 0 Å². The molecule has 1 aromatic carbocycles. The highest BCUT2D eigenvalue weighted by atomic mass is 35.5. The van der Waals surface area contributed by atoms with Crippen LogP contribution in [0.5, 0.6) is 0 Å². The predicted molar refractivity (Wildman–Crippen MR) is 66.1 cm³/mol. The molecule has 1 aliphatic rings. The molecule has 1 heterocycles. The molecule has 0 radical (unpaired) electrons. The maximum absolute atomic E-state index is 13.0. The summed E-state index contributed by atoms with van der Waals surface area (Å²) < 4.78 is 38.9. The van der Waals surface area contributed by atoms with Crippen LogP contribution in [0.2, 0.25) is 5.02 Å². The summed E-state index contributed by atoms with van der Waals surface area (Å²) in [4.78, 5) is 23.8. The molecule has 1 atom stereocenters. The number of rotatable bonds is 2. The van der Waals surface area contributed by atoms with Gasteiger partial charge in [-0.3, -0.25) is 9.59 Å². The summed E-state index contributed by atoms with van der Waals surface area (Å²) in [5, 5.41) is -0.196. The van der Waals surface area contributed by atoms with Gasteiger partial charge in [0.2, 0.25) is 11.8 Å². The fraction of sp³-hybridized carbons (Fsp3) is 0.333. The molecule has 0 aromatic heterocycles. The van der Waals surface area contributed by atoms with Gasteiger partial charge in [-0.1, -0.05) is 17.7 Å². The van der Waals surface area contributed by atoms with Crippen molar-refractivity contribution in [1.29, 1.82) is 0 Å². The summed E-state index contributed by atoms with van der Waals surface area (Å²) >= 11 is 5.80. The topological polar surface area (TPSA) is 63.4 Å². The number of nitrogens with two attached hydrogens (primary N) is 1. The molecular formula is C12H10ClF3N2O2. The summed E-state index contributed by atoms with van der Waals surface area (Å²) in [5.41, 5.74) is 3.66. The lowest BCUT2D eigenvalue weighted by Crippen LogP contribution is -2.30. The molecule has 0 spiro atoms. The van der Waals surface area contributed by atoms with E-state index in [-0.39, 0.29) is 18.0 Å². The highest BCUT2D eigenvalue weighted by molar-refractivity contribution is 6.34. The molecule has 2 amide bonds. The maximum Gasteiger partial charge on any atom is 0.418 e. The molecule has 4 nitrogen and oxygen atoms in total. The van der Waals surface area contributed by atoms with Gasteiger partial charge in [-0.25, -0.2) is 0 Å². The van der Waals surface area contributed by atoms with Crippen molar-refractivity contribution in [3.8, 4) is 0 Å². The van der Waals surface area contributed by atoms with E-state index in [2.05, 4.69) is 0 Å². The maximum atomic E-state index is 13.0. The van der Waals surface area contributed by atoms with E-state index in [4.69, 9.17) is 17.3 Å². The molecule has 20 heavy (non-hydrogen) atoms. The Labute approximate surface area is 117 Å². The number of halogens is 4. The molecule has 8 heteroatoms. The van der Waals surface area contributed by atoms with Crippen molar-refractivity contribution >= 4 is 29.1 Å². The van der Waals surface area contributed by atoms with Crippen LogP contribution in [0, 0.1) is 5.92 Å². The third-order valence-corrected chi connectivity index (χ3v) is 3.39. The Morgan fingerprint density at radius 3 is 2.55 bits per heavy atom. The summed E-state index contributed by atoms with van der Waals surface area (Å²) in [6, 6.07) is 3.25. The number of nitrogens with zero attached hydrogens (tertiary/aromatic N) is 1. The summed E-state index contributed by atoms with van der Waals surface area (Å²) in [6.07, 6.45) is -4.86. The van der Waals surface area contributed by atoms with Crippen molar-refractivity contribution < 1.29 is 22.8 Å². The Kier molecular flexibility index (Phi) is 3.64. The largest absolute Gasteiger partial charge is 0.418 e. The highest BCUT2D eigenvalue weighted by Gasteiger charge is 2.41. The number of amides is 2. The molecule has 2 rings (SSSR count). The molecule has 2 N–H and O–H groups in total. The van der Waals surface area contributed by atoms with E-state index in [0.29, 0.717) is 0 Å². The SMILES string of the molecule is NC(=O)C1CC(=O)N(c2c(Cl)cccc2C(F)(F)F)C1. The van der Waals surface area contributed by atoms with E-state index < -0.39 is 35.2 Å². The van der Waals surface area contributed by atoms with Crippen LogP contribution in [0.4, 0.5) is 18.9 Å². The van der Waals surface area contributed by atoms with Gasteiger partial charge < -0.3 is 10.6 Å². The Morgan fingerprint density at radius 2 is 2.05 bits per heavy atom. The quantitative estimate of drug-likeness (QED) is 0.910. The van der Waals surface area contributed by atoms with Gasteiger partial charge in [0.05, 0.1) is 22.2 Å². The first-order valence-electron chi connectivity index (χ1n) is 5.67. The Hall–Kier alpha value is -1.76. The molecule has 0 bridgehead atoms. The number of carbonyl (C=O) groups excluding carboxylic acids is 2. The first kappa shape index (κ1) is 14.6. The first-order valence-corrected chi connectivity index (χ1v) is 6.05. The number of primary amides is 1. The number of carbonyl (C=O) groups is 2. The fourth-order valence-corrected chi connectivity index (χ4v) is 2.41. The second-order valence-corrected chi connectivity index (χ2v) is 4.85. The molecule has 1 unspecified atom stereocenters. The van der Waals surface area contributed by atoms with Gasteiger partial charge in [0, 0.05) is 13.0 Å². The van der Waals surface area contributed by atoms with Crippen molar-refractivity contribution in [3.63, 3.8) is 0 Å². The molecule has 1 saturated heterocycles. The van der Waals surface area contributed by atoms with Gasteiger partial charge in [-0.2, -0.15) is 13.2 Å². The minimum atomic E-state index is -4.65. The van der Waals surface area contributed by atoms with Crippen LogP contribution >= 0.6 is 11.6 Å². The van der Waals surface area contributed by atoms with Crippen LogP contribution in [0.1, 0.15) is 12.0 Å². The van der Waals surface area contributed by atoms with E-state index in [1.807, 2.05) is 0 Å². The molecule has 0 saturated carbocycles. The normalized spacial score (nSPS) is 19.5. The minimum absolute atomic E-state index is 0.193. The lowest BCUT2D eigenvalue weighted by atomic mass is 10.1. The first-order chi connectivity index (χ1) is 9.21. The van der Waals surface area contributed by atoms with E-state index in [1.54, 1.807) is 0 Å².